The third-order valence-corrected chi connectivity index (χ3v) is 6.75. The smallest absolute Gasteiger partial charge is 0.335 e. The minimum Gasteiger partial charge on any atom is -0.467 e. The minimum absolute atomic E-state index is 0.268. The second kappa shape index (κ2) is 6.99. The molecule has 0 spiro atoms. The van der Waals surface area contributed by atoms with Crippen molar-refractivity contribution in [3.05, 3.63) is 82.0 Å². The van der Waals surface area contributed by atoms with Crippen LogP contribution in [0.25, 0.3) is 0 Å². The molecule has 2 bridgehead atoms. The second-order valence-corrected chi connectivity index (χ2v) is 8.78. The van der Waals surface area contributed by atoms with Gasteiger partial charge in [-0.1, -0.05) is 43.3 Å². The first-order valence-corrected chi connectivity index (χ1v) is 11.0. The fraction of sp³-hybridized carbons (Fsp3) is 0.250. The van der Waals surface area contributed by atoms with Crippen LogP contribution >= 0.6 is 11.3 Å². The van der Waals surface area contributed by atoms with E-state index < -0.39 is 5.72 Å². The number of imide groups is 1. The molecule has 2 aromatic carbocycles. The van der Waals surface area contributed by atoms with E-state index >= 15 is 0 Å². The van der Waals surface area contributed by atoms with Gasteiger partial charge in [-0.15, -0.1) is 11.3 Å². The largest absolute Gasteiger partial charge is 0.467 e. The molecule has 0 N–H and O–H groups in total. The van der Waals surface area contributed by atoms with Gasteiger partial charge < -0.3 is 4.74 Å². The molecule has 30 heavy (non-hydrogen) atoms. The number of carbonyl (C=O) groups is 2. The summed E-state index contributed by atoms with van der Waals surface area (Å²) in [5.41, 5.74) is 1.85. The summed E-state index contributed by atoms with van der Waals surface area (Å²) >= 11 is 1.35. The maximum Gasteiger partial charge on any atom is 0.335 e. The number of urea groups is 1. The predicted molar refractivity (Wildman–Crippen MR) is 117 cm³/mol. The number of fused-ring (bicyclic) bond motifs is 4. The number of benzene rings is 2. The van der Waals surface area contributed by atoms with Crippen LogP contribution in [-0.4, -0.2) is 22.6 Å². The first-order valence-electron chi connectivity index (χ1n) is 10.1. The van der Waals surface area contributed by atoms with E-state index in [1.54, 1.807) is 11.0 Å². The van der Waals surface area contributed by atoms with Crippen LogP contribution in [-0.2, 0) is 6.42 Å². The molecule has 3 aromatic rings. The summed E-state index contributed by atoms with van der Waals surface area (Å²) in [6.45, 7) is 4.01. The number of anilines is 1. The fourth-order valence-electron chi connectivity index (χ4n) is 4.45. The van der Waals surface area contributed by atoms with Gasteiger partial charge in [-0.25, -0.2) is 4.79 Å². The monoisotopic (exact) mass is 418 g/mol. The van der Waals surface area contributed by atoms with E-state index in [-0.39, 0.29) is 18.0 Å². The van der Waals surface area contributed by atoms with Crippen LogP contribution in [0.1, 0.15) is 47.1 Å². The molecule has 5 nitrogen and oxygen atoms in total. The minimum atomic E-state index is -0.880. The topological polar surface area (TPSA) is 49.9 Å². The van der Waals surface area contributed by atoms with Crippen molar-refractivity contribution >= 4 is 29.0 Å². The molecule has 2 aliphatic rings. The molecule has 6 heteroatoms. The lowest BCUT2D eigenvalue weighted by atomic mass is 9.88. The van der Waals surface area contributed by atoms with Gasteiger partial charge in [-0.3, -0.25) is 14.6 Å². The van der Waals surface area contributed by atoms with E-state index in [0.717, 1.165) is 23.2 Å². The summed E-state index contributed by atoms with van der Waals surface area (Å²) in [4.78, 5) is 30.9. The Kier molecular flexibility index (Phi) is 4.40. The molecule has 1 saturated heterocycles. The highest BCUT2D eigenvalue weighted by Crippen LogP contribution is 2.49. The maximum atomic E-state index is 13.8. The average molecular weight is 419 g/mol. The summed E-state index contributed by atoms with van der Waals surface area (Å²) in [7, 11) is 0. The van der Waals surface area contributed by atoms with E-state index in [4.69, 9.17) is 4.74 Å². The summed E-state index contributed by atoms with van der Waals surface area (Å²) in [5.74, 6) is 0.444. The van der Waals surface area contributed by atoms with Gasteiger partial charge in [0.05, 0.1) is 10.9 Å². The molecule has 0 aliphatic carbocycles. The van der Waals surface area contributed by atoms with Crippen molar-refractivity contribution in [1.29, 1.82) is 0 Å². The Balaban J connectivity index is 1.68. The molecule has 5 rings (SSSR count). The van der Waals surface area contributed by atoms with Crippen molar-refractivity contribution in [1.82, 2.24) is 4.90 Å². The molecule has 0 radical (unpaired) electrons. The zero-order chi connectivity index (χ0) is 20.9. The number of para-hydroxylation sites is 1. The highest BCUT2D eigenvalue weighted by molar-refractivity contribution is 7.12. The summed E-state index contributed by atoms with van der Waals surface area (Å²) < 4.78 is 6.39. The van der Waals surface area contributed by atoms with Crippen LogP contribution < -0.4 is 9.64 Å². The Morgan fingerprint density at radius 3 is 2.77 bits per heavy atom. The third-order valence-electron chi connectivity index (χ3n) is 5.89. The number of hydrogen-bond acceptors (Lipinski definition) is 4. The molecular formula is C24H22N2O3S. The third kappa shape index (κ3) is 2.82. The molecule has 2 atom stereocenters. The van der Waals surface area contributed by atoms with Gasteiger partial charge in [-0.05, 0) is 48.6 Å². The predicted octanol–water partition coefficient (Wildman–Crippen LogP) is 5.63. The molecule has 1 fully saturated rings. The standard InChI is InChI=1S/C24H22N2O3S/c1-3-16-8-6-9-17(14-16)26-23(28)25(22(27)21-12-7-13-30-21)19-15-24(26,2)29-20-11-5-4-10-18(19)20/h4-14,19H,3,15H2,1-2H3/t19-,24-/m0/s1. The molecular weight excluding hydrogens is 396 g/mol. The van der Waals surface area contributed by atoms with Crippen molar-refractivity contribution in [2.45, 2.75) is 38.5 Å². The van der Waals surface area contributed by atoms with Gasteiger partial charge in [-0.2, -0.15) is 0 Å². The SMILES string of the molecule is CCc1cccc(N2C(=O)N(C(=O)c3cccs3)[C@H]3C[C@]2(C)Oc2ccccc23)c1. The van der Waals surface area contributed by atoms with Crippen LogP contribution in [0.2, 0.25) is 0 Å². The van der Waals surface area contributed by atoms with Crippen LogP contribution in [0.3, 0.4) is 0 Å². The van der Waals surface area contributed by atoms with Crippen LogP contribution in [0.15, 0.2) is 66.0 Å². The van der Waals surface area contributed by atoms with Crippen molar-refractivity contribution in [3.63, 3.8) is 0 Å². The first-order chi connectivity index (χ1) is 14.5. The van der Waals surface area contributed by atoms with E-state index in [2.05, 4.69) is 6.92 Å². The lowest BCUT2D eigenvalue weighted by Crippen LogP contribution is -2.67. The van der Waals surface area contributed by atoms with Gasteiger partial charge in [0.15, 0.2) is 5.72 Å². The normalized spacial score (nSPS) is 22.5. The van der Waals surface area contributed by atoms with Gasteiger partial charge in [0, 0.05) is 17.7 Å². The van der Waals surface area contributed by atoms with Crippen molar-refractivity contribution in [3.8, 4) is 5.75 Å². The number of nitrogens with zero attached hydrogens (tertiary/aromatic N) is 2. The molecule has 3 amide bonds. The Morgan fingerprint density at radius 1 is 1.17 bits per heavy atom. The lowest BCUT2D eigenvalue weighted by molar-refractivity contribution is 0.00283. The second-order valence-electron chi connectivity index (χ2n) is 7.83. The average Bonchev–Trinajstić information content (AvgIpc) is 3.28. The number of rotatable bonds is 3. The van der Waals surface area contributed by atoms with Crippen molar-refractivity contribution in [2.75, 3.05) is 4.90 Å². The Bertz CT molecular complexity index is 1130. The van der Waals surface area contributed by atoms with Gasteiger partial charge in [0.25, 0.3) is 5.91 Å². The quantitative estimate of drug-likeness (QED) is 0.554. The number of amides is 3. The van der Waals surface area contributed by atoms with Crippen LogP contribution in [0.4, 0.5) is 10.5 Å². The lowest BCUT2D eigenvalue weighted by Gasteiger charge is -2.53. The molecule has 3 heterocycles. The van der Waals surface area contributed by atoms with E-state index in [9.17, 15) is 9.59 Å². The molecule has 0 unspecified atom stereocenters. The van der Waals surface area contributed by atoms with Crippen molar-refractivity contribution in [2.24, 2.45) is 0 Å². The Labute approximate surface area is 179 Å². The summed E-state index contributed by atoms with van der Waals surface area (Å²) in [5, 5.41) is 1.85. The fourth-order valence-corrected chi connectivity index (χ4v) is 5.11. The van der Waals surface area contributed by atoms with E-state index in [1.165, 1.54) is 16.2 Å². The Morgan fingerprint density at radius 2 is 2.00 bits per heavy atom. The zero-order valence-corrected chi connectivity index (χ0v) is 17.7. The van der Waals surface area contributed by atoms with Crippen LogP contribution in [0.5, 0.6) is 5.75 Å². The summed E-state index contributed by atoms with van der Waals surface area (Å²) in [6.07, 6.45) is 1.36. The maximum absolute atomic E-state index is 13.8. The molecule has 0 saturated carbocycles. The molecule has 152 valence electrons. The van der Waals surface area contributed by atoms with Crippen molar-refractivity contribution < 1.29 is 14.3 Å². The zero-order valence-electron chi connectivity index (χ0n) is 16.9. The summed E-state index contributed by atoms with van der Waals surface area (Å²) in [6, 6.07) is 18.4. The Hall–Kier alpha value is -3.12. The number of ether oxygens (including phenoxy) is 1. The van der Waals surface area contributed by atoms with Gasteiger partial charge >= 0.3 is 6.03 Å². The number of thiophene rings is 1. The van der Waals surface area contributed by atoms with Gasteiger partial charge in [0.1, 0.15) is 5.75 Å². The number of carbonyl (C=O) groups excluding carboxylic acids is 2. The molecule has 2 aliphatic heterocycles. The number of aryl methyl sites for hydroxylation is 1. The van der Waals surface area contributed by atoms with Crippen LogP contribution in [0, 0.1) is 0 Å². The van der Waals surface area contributed by atoms with Gasteiger partial charge in [0.2, 0.25) is 0 Å². The molecule has 1 aromatic heterocycles. The highest BCUT2D eigenvalue weighted by Gasteiger charge is 2.55. The number of hydrogen-bond donors (Lipinski definition) is 0. The highest BCUT2D eigenvalue weighted by atomic mass is 32.1. The van der Waals surface area contributed by atoms with E-state index in [0.29, 0.717) is 17.0 Å². The van der Waals surface area contributed by atoms with E-state index in [1.807, 2.05) is 66.9 Å². The first kappa shape index (κ1) is 18.9.